The average molecular weight is 455 g/mol. The lowest BCUT2D eigenvalue weighted by molar-refractivity contribution is 0.0140. The van der Waals surface area contributed by atoms with Gasteiger partial charge in [0.1, 0.15) is 15.5 Å². The minimum Gasteiger partial charge on any atom is -0.444 e. The highest BCUT2D eigenvalue weighted by Gasteiger charge is 2.44. The number of nitriles is 1. The Bertz CT molecular complexity index is 1080. The lowest BCUT2D eigenvalue weighted by Gasteiger charge is -2.28. The molecule has 2 aliphatic heterocycles. The predicted molar refractivity (Wildman–Crippen MR) is 119 cm³/mol. The molecule has 2 aliphatic rings. The summed E-state index contributed by atoms with van der Waals surface area (Å²) in [7, 11) is 1.60. The maximum absolute atomic E-state index is 13.2. The number of carbonyl (C=O) groups excluding carboxylic acids is 2. The van der Waals surface area contributed by atoms with Gasteiger partial charge in [-0.05, 0) is 33.3 Å². The van der Waals surface area contributed by atoms with Gasteiger partial charge in [0.25, 0.3) is 5.91 Å². The van der Waals surface area contributed by atoms with Gasteiger partial charge in [-0.25, -0.2) is 9.78 Å². The molecule has 1 aromatic heterocycles. The summed E-state index contributed by atoms with van der Waals surface area (Å²) in [5.41, 5.74) is 1.41. The molecule has 0 radical (unpaired) electrons. The highest BCUT2D eigenvalue weighted by Crippen LogP contribution is 2.37. The second kappa shape index (κ2) is 8.52. The van der Waals surface area contributed by atoms with Crippen LogP contribution in [-0.2, 0) is 16.0 Å². The van der Waals surface area contributed by atoms with E-state index in [0.717, 1.165) is 11.3 Å². The Balaban J connectivity index is 1.52. The minimum absolute atomic E-state index is 0.0783. The Labute approximate surface area is 191 Å². The number of methoxy groups -OCH3 is 1. The SMILES string of the molecule is COC[C@@H]1C[C@@H](N2Cc3nc(-c4ccccc4C#N)sc3C2=O)CN1C(=O)OC(C)(C)C. The number of nitrogens with zero attached hydrogens (tertiary/aromatic N) is 4. The highest BCUT2D eigenvalue weighted by atomic mass is 32.1. The molecule has 0 N–H and O–H groups in total. The van der Waals surface area contributed by atoms with E-state index in [1.807, 2.05) is 39.0 Å². The Morgan fingerprint density at radius 3 is 2.75 bits per heavy atom. The molecule has 9 heteroatoms. The second-order valence-corrected chi connectivity index (χ2v) is 10.0. The summed E-state index contributed by atoms with van der Waals surface area (Å²) in [5, 5.41) is 10.1. The van der Waals surface area contributed by atoms with E-state index in [4.69, 9.17) is 9.47 Å². The predicted octanol–water partition coefficient (Wildman–Crippen LogP) is 3.66. The van der Waals surface area contributed by atoms with Crippen LogP contribution in [-0.4, -0.2) is 64.7 Å². The molecule has 4 rings (SSSR count). The van der Waals surface area contributed by atoms with Crippen molar-refractivity contribution in [3.63, 3.8) is 0 Å². The number of hydrogen-bond donors (Lipinski definition) is 0. The van der Waals surface area contributed by atoms with Crippen molar-refractivity contribution in [3.8, 4) is 16.6 Å². The molecule has 32 heavy (non-hydrogen) atoms. The van der Waals surface area contributed by atoms with Gasteiger partial charge in [0.15, 0.2) is 0 Å². The Morgan fingerprint density at radius 2 is 2.09 bits per heavy atom. The Kier molecular flexibility index (Phi) is 5.93. The smallest absolute Gasteiger partial charge is 0.410 e. The van der Waals surface area contributed by atoms with E-state index >= 15 is 0 Å². The molecule has 2 atom stereocenters. The number of carbonyl (C=O) groups is 2. The molecule has 8 nitrogen and oxygen atoms in total. The topological polar surface area (TPSA) is 95.8 Å². The number of ether oxygens (including phenoxy) is 2. The summed E-state index contributed by atoms with van der Waals surface area (Å²) in [4.78, 5) is 34.7. The van der Waals surface area contributed by atoms with Crippen molar-refractivity contribution in [2.45, 2.75) is 51.4 Å². The Hall–Kier alpha value is -2.96. The van der Waals surface area contributed by atoms with Crippen molar-refractivity contribution >= 4 is 23.3 Å². The summed E-state index contributed by atoms with van der Waals surface area (Å²) in [6.45, 7) is 6.67. The van der Waals surface area contributed by atoms with Gasteiger partial charge in [0, 0.05) is 19.2 Å². The van der Waals surface area contributed by atoms with Crippen molar-refractivity contribution in [2.24, 2.45) is 0 Å². The monoisotopic (exact) mass is 454 g/mol. The van der Waals surface area contributed by atoms with Gasteiger partial charge in [-0.1, -0.05) is 18.2 Å². The first kappa shape index (κ1) is 22.2. The molecule has 1 aromatic carbocycles. The van der Waals surface area contributed by atoms with Crippen molar-refractivity contribution in [1.82, 2.24) is 14.8 Å². The third kappa shape index (κ3) is 4.20. The van der Waals surface area contributed by atoms with Crippen LogP contribution in [0, 0.1) is 11.3 Å². The number of hydrogen-bond acceptors (Lipinski definition) is 7. The molecule has 2 aromatic rings. The fourth-order valence-electron chi connectivity index (χ4n) is 4.18. The molecule has 0 aliphatic carbocycles. The molecular formula is C23H26N4O4S. The van der Waals surface area contributed by atoms with Crippen LogP contribution in [0.15, 0.2) is 24.3 Å². The van der Waals surface area contributed by atoms with Crippen LogP contribution >= 0.6 is 11.3 Å². The number of amides is 2. The first-order valence-electron chi connectivity index (χ1n) is 10.5. The molecule has 1 fully saturated rings. The number of fused-ring (bicyclic) bond motifs is 1. The second-order valence-electron chi connectivity index (χ2n) is 9.02. The van der Waals surface area contributed by atoms with Gasteiger partial charge >= 0.3 is 6.09 Å². The van der Waals surface area contributed by atoms with E-state index in [1.165, 1.54) is 11.3 Å². The molecule has 1 saturated heterocycles. The maximum atomic E-state index is 13.2. The van der Waals surface area contributed by atoms with Crippen molar-refractivity contribution in [2.75, 3.05) is 20.3 Å². The first-order valence-corrected chi connectivity index (χ1v) is 11.3. The number of benzene rings is 1. The van der Waals surface area contributed by atoms with E-state index in [9.17, 15) is 14.9 Å². The van der Waals surface area contributed by atoms with E-state index in [1.54, 1.807) is 23.0 Å². The molecule has 0 spiro atoms. The average Bonchev–Trinajstić information content (AvgIpc) is 3.41. The molecule has 0 bridgehead atoms. The maximum Gasteiger partial charge on any atom is 0.410 e. The van der Waals surface area contributed by atoms with Crippen LogP contribution in [0.1, 0.15) is 48.1 Å². The molecule has 168 valence electrons. The standard InChI is InChI=1S/C23H26N4O4S/c1-23(2,3)31-22(29)27-11-15(9-16(27)13-30-4)26-12-18-19(21(26)28)32-20(25-18)17-8-6-5-7-14(17)10-24/h5-8,15-16H,9,11-13H2,1-4H3/t15-,16+/m1/s1. The van der Waals surface area contributed by atoms with Gasteiger partial charge < -0.3 is 19.3 Å². The Morgan fingerprint density at radius 1 is 1.34 bits per heavy atom. The van der Waals surface area contributed by atoms with Crippen LogP contribution < -0.4 is 0 Å². The van der Waals surface area contributed by atoms with E-state index in [-0.39, 0.29) is 18.0 Å². The van der Waals surface area contributed by atoms with E-state index in [2.05, 4.69) is 11.1 Å². The third-order valence-electron chi connectivity index (χ3n) is 5.57. The van der Waals surface area contributed by atoms with Crippen molar-refractivity contribution < 1.29 is 19.1 Å². The normalized spacial score (nSPS) is 20.4. The van der Waals surface area contributed by atoms with Gasteiger partial charge in [-0.3, -0.25) is 4.79 Å². The van der Waals surface area contributed by atoms with Crippen LogP contribution in [0.2, 0.25) is 0 Å². The van der Waals surface area contributed by atoms with Crippen LogP contribution in [0.3, 0.4) is 0 Å². The zero-order valence-electron chi connectivity index (χ0n) is 18.6. The number of aromatic nitrogens is 1. The quantitative estimate of drug-likeness (QED) is 0.700. The van der Waals surface area contributed by atoms with E-state index < -0.39 is 11.7 Å². The lowest BCUT2D eigenvalue weighted by Crippen LogP contribution is -2.43. The molecule has 2 amide bonds. The first-order chi connectivity index (χ1) is 15.2. The summed E-state index contributed by atoms with van der Waals surface area (Å²) in [6, 6.07) is 9.15. The van der Waals surface area contributed by atoms with Crippen LogP contribution in [0.25, 0.3) is 10.6 Å². The number of rotatable bonds is 4. The molecule has 3 heterocycles. The number of likely N-dealkylation sites (tertiary alicyclic amines) is 1. The van der Waals surface area contributed by atoms with Gasteiger partial charge in [0.05, 0.1) is 42.6 Å². The summed E-state index contributed by atoms with van der Waals surface area (Å²) in [5.74, 6) is -0.0783. The lowest BCUT2D eigenvalue weighted by atomic mass is 10.1. The summed E-state index contributed by atoms with van der Waals surface area (Å²) >= 11 is 1.32. The van der Waals surface area contributed by atoms with Gasteiger partial charge in [0.2, 0.25) is 0 Å². The largest absolute Gasteiger partial charge is 0.444 e. The fraction of sp³-hybridized carbons (Fsp3) is 0.478. The molecule has 0 unspecified atom stereocenters. The van der Waals surface area contributed by atoms with Crippen molar-refractivity contribution in [3.05, 3.63) is 40.4 Å². The minimum atomic E-state index is -0.597. The summed E-state index contributed by atoms with van der Waals surface area (Å²) < 4.78 is 10.9. The molecular weight excluding hydrogens is 428 g/mol. The summed E-state index contributed by atoms with van der Waals surface area (Å²) in [6.07, 6.45) is 0.231. The molecule has 0 saturated carbocycles. The highest BCUT2D eigenvalue weighted by molar-refractivity contribution is 7.17. The van der Waals surface area contributed by atoms with Crippen LogP contribution in [0.5, 0.6) is 0 Å². The third-order valence-corrected chi connectivity index (χ3v) is 6.69. The van der Waals surface area contributed by atoms with Crippen LogP contribution in [0.4, 0.5) is 4.79 Å². The van der Waals surface area contributed by atoms with E-state index in [0.29, 0.717) is 41.6 Å². The van der Waals surface area contributed by atoms with Crippen molar-refractivity contribution in [1.29, 1.82) is 5.26 Å². The zero-order chi connectivity index (χ0) is 23.0. The fourth-order valence-corrected chi connectivity index (χ4v) is 5.25. The van der Waals surface area contributed by atoms with Gasteiger partial charge in [-0.15, -0.1) is 11.3 Å². The van der Waals surface area contributed by atoms with Gasteiger partial charge in [-0.2, -0.15) is 5.26 Å². The zero-order valence-corrected chi connectivity index (χ0v) is 19.4. The number of thiazole rings is 1.